The molecule has 41 heavy (non-hydrogen) atoms. The molecular weight excluding hydrogens is 552 g/mol. The van der Waals surface area contributed by atoms with E-state index in [1.165, 1.54) is 19.2 Å². The molecule has 5 rings (SSSR count). The van der Waals surface area contributed by atoms with Crippen LogP contribution in [0.5, 0.6) is 5.75 Å². The number of methoxy groups -OCH3 is 1. The van der Waals surface area contributed by atoms with Crippen LogP contribution in [0.15, 0.2) is 59.5 Å². The van der Waals surface area contributed by atoms with E-state index >= 15 is 0 Å². The largest absolute Gasteiger partial charge is 0.497 e. The van der Waals surface area contributed by atoms with Gasteiger partial charge in [-0.15, -0.1) is 0 Å². The van der Waals surface area contributed by atoms with E-state index in [-0.39, 0.29) is 36.2 Å². The quantitative estimate of drug-likeness (QED) is 0.358. The van der Waals surface area contributed by atoms with E-state index in [1.54, 1.807) is 12.1 Å². The van der Waals surface area contributed by atoms with Gasteiger partial charge < -0.3 is 29.4 Å². The molecule has 2 aromatic rings. The van der Waals surface area contributed by atoms with Crippen molar-refractivity contribution in [2.45, 2.75) is 74.1 Å². The van der Waals surface area contributed by atoms with E-state index in [2.05, 4.69) is 5.32 Å². The number of fused-ring (bicyclic) bond motifs is 1. The number of hydrogen-bond acceptors (Lipinski definition) is 9. The highest BCUT2D eigenvalue weighted by molar-refractivity contribution is 7.89. The van der Waals surface area contributed by atoms with Gasteiger partial charge in [-0.05, 0) is 55.5 Å². The van der Waals surface area contributed by atoms with Gasteiger partial charge in [0, 0.05) is 0 Å². The Balaban J connectivity index is 1.33. The normalized spacial score (nSPS) is 24.2. The smallest absolute Gasteiger partial charge is 0.407 e. The van der Waals surface area contributed by atoms with Crippen LogP contribution in [0.25, 0.3) is 0 Å². The Morgan fingerprint density at radius 1 is 1.07 bits per heavy atom. The summed E-state index contributed by atoms with van der Waals surface area (Å²) in [5.41, 5.74) is 0.853. The van der Waals surface area contributed by atoms with Crippen molar-refractivity contribution >= 4 is 16.1 Å². The Hall–Kier alpha value is -2.74. The molecule has 2 saturated heterocycles. The van der Waals surface area contributed by atoms with Crippen LogP contribution in [-0.2, 0) is 35.5 Å². The Bertz CT molecular complexity index is 1240. The predicted molar refractivity (Wildman–Crippen MR) is 147 cm³/mol. The molecule has 224 valence electrons. The number of rotatable bonds is 12. The molecule has 0 aromatic heterocycles. The molecule has 3 aliphatic rings. The van der Waals surface area contributed by atoms with Crippen LogP contribution in [0, 0.1) is 5.92 Å². The first-order valence-corrected chi connectivity index (χ1v) is 15.5. The lowest BCUT2D eigenvalue weighted by Crippen LogP contribution is -2.51. The van der Waals surface area contributed by atoms with Crippen molar-refractivity contribution in [1.29, 1.82) is 0 Å². The Morgan fingerprint density at radius 3 is 2.51 bits per heavy atom. The van der Waals surface area contributed by atoms with Gasteiger partial charge >= 0.3 is 6.09 Å². The van der Waals surface area contributed by atoms with Crippen molar-refractivity contribution in [3.8, 4) is 5.75 Å². The number of hydrogen-bond donors (Lipinski definition) is 2. The second kappa shape index (κ2) is 13.5. The number of carbonyl (C=O) groups is 1. The summed E-state index contributed by atoms with van der Waals surface area (Å²) in [5.74, 6) is 0.476. The number of nitrogens with zero attached hydrogens (tertiary/aromatic N) is 1. The average molecular weight is 591 g/mol. The van der Waals surface area contributed by atoms with Gasteiger partial charge in [0.2, 0.25) is 0 Å². The van der Waals surface area contributed by atoms with Gasteiger partial charge in [-0.2, -0.15) is 0 Å². The summed E-state index contributed by atoms with van der Waals surface area (Å²) in [6.45, 7) is 0.386. The number of alkyl carbamates (subject to hydrolysis) is 1. The summed E-state index contributed by atoms with van der Waals surface area (Å²) in [7, 11) is -2.65. The average Bonchev–Trinajstić information content (AvgIpc) is 3.74. The molecule has 2 aliphatic heterocycles. The number of amides is 1. The van der Waals surface area contributed by atoms with Crippen LogP contribution in [-0.4, -0.2) is 81.6 Å². The maximum absolute atomic E-state index is 13.7. The van der Waals surface area contributed by atoms with Crippen molar-refractivity contribution in [2.24, 2.45) is 5.92 Å². The SMILES string of the molecule is COc1ccc(S(=O)(=O)N(C[C@@H](O)[C@H](Cc2ccccc2)NC(=O)O[C@H]2CO[C@H]3OCC[C@H]32)OC2CCCC2)cc1. The second-order valence-electron chi connectivity index (χ2n) is 10.7. The van der Waals surface area contributed by atoms with Gasteiger partial charge in [0.1, 0.15) is 11.9 Å². The van der Waals surface area contributed by atoms with E-state index in [1.807, 2.05) is 30.3 Å². The number of hydroxylamine groups is 1. The van der Waals surface area contributed by atoms with Gasteiger partial charge in [-0.25, -0.2) is 13.2 Å². The van der Waals surface area contributed by atoms with Crippen LogP contribution in [0.2, 0.25) is 0 Å². The molecule has 0 spiro atoms. The van der Waals surface area contributed by atoms with E-state index in [9.17, 15) is 18.3 Å². The van der Waals surface area contributed by atoms with Crippen molar-refractivity contribution in [2.75, 3.05) is 26.9 Å². The van der Waals surface area contributed by atoms with Crippen molar-refractivity contribution in [3.05, 3.63) is 60.2 Å². The Kier molecular flexibility index (Phi) is 9.79. The van der Waals surface area contributed by atoms with Crippen LogP contribution in [0.4, 0.5) is 4.79 Å². The molecule has 11 nitrogen and oxygen atoms in total. The van der Waals surface area contributed by atoms with Gasteiger partial charge in [0.25, 0.3) is 10.0 Å². The van der Waals surface area contributed by atoms with Crippen LogP contribution in [0.3, 0.4) is 0 Å². The third-order valence-electron chi connectivity index (χ3n) is 7.84. The lowest BCUT2D eigenvalue weighted by Gasteiger charge is -2.31. The Labute approximate surface area is 240 Å². The topological polar surface area (TPSA) is 133 Å². The third-order valence-corrected chi connectivity index (χ3v) is 9.48. The standard InChI is InChI=1S/C29H38N2O9S/c1-36-21-11-13-23(14-12-21)41(34,35)31(40-22-9-5-6-10-22)18-26(32)25(17-20-7-3-2-4-8-20)30-29(33)39-27-19-38-28-24(27)15-16-37-28/h2-4,7-8,11-14,22,24-28,32H,5-6,9-10,15-19H2,1H3,(H,30,33)/t24-,25-,26+,27-,28+/m0/s1. The zero-order chi connectivity index (χ0) is 28.8. The van der Waals surface area contributed by atoms with Gasteiger partial charge in [0.05, 0.1) is 55.9 Å². The van der Waals surface area contributed by atoms with E-state index in [4.69, 9.17) is 23.8 Å². The fourth-order valence-corrected chi connectivity index (χ4v) is 6.82. The molecule has 0 radical (unpaired) electrons. The van der Waals surface area contributed by atoms with E-state index in [0.29, 0.717) is 12.4 Å². The summed E-state index contributed by atoms with van der Waals surface area (Å²) < 4.78 is 50.2. The lowest BCUT2D eigenvalue weighted by atomic mass is 10.0. The first-order valence-electron chi connectivity index (χ1n) is 14.1. The minimum atomic E-state index is -4.15. The summed E-state index contributed by atoms with van der Waals surface area (Å²) in [4.78, 5) is 19.0. The summed E-state index contributed by atoms with van der Waals surface area (Å²) in [6.07, 6.45) is 1.13. The number of sulfonamides is 1. The number of aliphatic hydroxyl groups excluding tert-OH is 1. The molecule has 5 atom stereocenters. The molecule has 2 heterocycles. The maximum atomic E-state index is 13.7. The zero-order valence-corrected chi connectivity index (χ0v) is 23.9. The van der Waals surface area contributed by atoms with Gasteiger partial charge in [-0.3, -0.25) is 4.84 Å². The first-order chi connectivity index (χ1) is 19.8. The summed E-state index contributed by atoms with van der Waals surface area (Å²) in [5, 5.41) is 14.2. The molecule has 1 saturated carbocycles. The lowest BCUT2D eigenvalue weighted by molar-refractivity contribution is -0.145. The highest BCUT2D eigenvalue weighted by Crippen LogP contribution is 2.33. The number of ether oxygens (including phenoxy) is 4. The molecule has 2 aromatic carbocycles. The molecular formula is C29H38N2O9S. The van der Waals surface area contributed by atoms with Crippen molar-refractivity contribution in [3.63, 3.8) is 0 Å². The van der Waals surface area contributed by atoms with Gasteiger partial charge in [0.15, 0.2) is 6.29 Å². The molecule has 3 fully saturated rings. The minimum Gasteiger partial charge on any atom is -0.497 e. The minimum absolute atomic E-state index is 0.00467. The molecule has 1 aliphatic carbocycles. The number of aliphatic hydroxyl groups is 1. The van der Waals surface area contributed by atoms with E-state index in [0.717, 1.165) is 42.1 Å². The molecule has 2 N–H and O–H groups in total. The van der Waals surface area contributed by atoms with Crippen LogP contribution < -0.4 is 10.1 Å². The fourth-order valence-electron chi connectivity index (χ4n) is 5.52. The van der Waals surface area contributed by atoms with Crippen molar-refractivity contribution < 1.29 is 42.1 Å². The molecule has 12 heteroatoms. The third kappa shape index (κ3) is 7.37. The maximum Gasteiger partial charge on any atom is 0.407 e. The number of benzene rings is 2. The molecule has 0 unspecified atom stereocenters. The van der Waals surface area contributed by atoms with Crippen molar-refractivity contribution in [1.82, 2.24) is 9.79 Å². The van der Waals surface area contributed by atoms with Crippen LogP contribution in [0.1, 0.15) is 37.7 Å². The monoisotopic (exact) mass is 590 g/mol. The molecule has 0 bridgehead atoms. The number of nitrogens with one attached hydrogen (secondary N) is 1. The first kappa shape index (κ1) is 29.7. The van der Waals surface area contributed by atoms with E-state index < -0.39 is 40.9 Å². The number of carbonyl (C=O) groups excluding carboxylic acids is 1. The predicted octanol–water partition coefficient (Wildman–Crippen LogP) is 3.02. The van der Waals surface area contributed by atoms with Crippen LogP contribution >= 0.6 is 0 Å². The highest BCUT2D eigenvalue weighted by Gasteiger charge is 2.44. The summed E-state index contributed by atoms with van der Waals surface area (Å²) >= 11 is 0. The fraction of sp³-hybridized carbons (Fsp3) is 0.552. The second-order valence-corrected chi connectivity index (χ2v) is 12.5. The van der Waals surface area contributed by atoms with Gasteiger partial charge in [-0.1, -0.05) is 47.6 Å². The molecule has 1 amide bonds. The summed E-state index contributed by atoms with van der Waals surface area (Å²) in [6, 6.07) is 14.4. The zero-order valence-electron chi connectivity index (χ0n) is 23.1. The highest BCUT2D eigenvalue weighted by atomic mass is 32.2. The Morgan fingerprint density at radius 2 is 1.80 bits per heavy atom.